The first-order chi connectivity index (χ1) is 11.7. The topological polar surface area (TPSA) is 89.4 Å². The number of hydrogen-bond donors (Lipinski definition) is 1. The van der Waals surface area contributed by atoms with E-state index in [0.717, 1.165) is 37.4 Å². The summed E-state index contributed by atoms with van der Waals surface area (Å²) in [6, 6.07) is 7.93. The zero-order valence-electron chi connectivity index (χ0n) is 13.2. The second-order valence-corrected chi connectivity index (χ2v) is 6.00. The Kier molecular flexibility index (Phi) is 3.60. The molecule has 3 aromatic heterocycles. The largest absolute Gasteiger partial charge is 0.365 e. The SMILES string of the molecule is NC(=O)c1cnn2c([C@H]3CCCN(c4ccccn4)C3)ccnc12. The number of hydrogen-bond acceptors (Lipinski definition) is 5. The molecule has 0 radical (unpaired) electrons. The molecule has 1 aliphatic heterocycles. The Morgan fingerprint density at radius 3 is 2.92 bits per heavy atom. The first-order valence-corrected chi connectivity index (χ1v) is 8.02. The van der Waals surface area contributed by atoms with Crippen LogP contribution in [0.5, 0.6) is 0 Å². The van der Waals surface area contributed by atoms with Gasteiger partial charge in [0.2, 0.25) is 0 Å². The lowest BCUT2D eigenvalue weighted by atomic mass is 9.94. The number of piperidine rings is 1. The van der Waals surface area contributed by atoms with E-state index < -0.39 is 5.91 Å². The first-order valence-electron chi connectivity index (χ1n) is 8.02. The van der Waals surface area contributed by atoms with Crippen molar-refractivity contribution in [2.75, 3.05) is 18.0 Å². The Labute approximate surface area is 139 Å². The summed E-state index contributed by atoms with van der Waals surface area (Å²) in [5, 5.41) is 4.33. The third-order valence-electron chi connectivity index (χ3n) is 4.51. The number of nitrogens with two attached hydrogens (primary N) is 1. The maximum absolute atomic E-state index is 11.5. The smallest absolute Gasteiger partial charge is 0.254 e. The number of carbonyl (C=O) groups is 1. The maximum atomic E-state index is 11.5. The van der Waals surface area contributed by atoms with Crippen molar-refractivity contribution in [1.29, 1.82) is 0 Å². The minimum Gasteiger partial charge on any atom is -0.365 e. The van der Waals surface area contributed by atoms with Gasteiger partial charge in [0.05, 0.1) is 11.9 Å². The van der Waals surface area contributed by atoms with Crippen LogP contribution in [-0.2, 0) is 0 Å². The van der Waals surface area contributed by atoms with E-state index in [1.807, 2.05) is 30.5 Å². The summed E-state index contributed by atoms with van der Waals surface area (Å²) in [6.07, 6.45) is 7.17. The second-order valence-electron chi connectivity index (χ2n) is 6.00. The van der Waals surface area contributed by atoms with Crippen LogP contribution in [0.2, 0.25) is 0 Å². The third kappa shape index (κ3) is 2.47. The number of anilines is 1. The zero-order valence-corrected chi connectivity index (χ0v) is 13.2. The molecule has 0 aliphatic carbocycles. The minimum atomic E-state index is -0.506. The summed E-state index contributed by atoms with van der Waals surface area (Å²) >= 11 is 0. The van der Waals surface area contributed by atoms with E-state index in [1.165, 1.54) is 6.20 Å². The molecule has 122 valence electrons. The monoisotopic (exact) mass is 322 g/mol. The number of pyridine rings is 1. The van der Waals surface area contributed by atoms with Gasteiger partial charge < -0.3 is 10.6 Å². The van der Waals surface area contributed by atoms with Gasteiger partial charge in [-0.15, -0.1) is 0 Å². The van der Waals surface area contributed by atoms with Gasteiger partial charge in [0.15, 0.2) is 5.65 Å². The lowest BCUT2D eigenvalue weighted by Crippen LogP contribution is -2.35. The van der Waals surface area contributed by atoms with Gasteiger partial charge in [0, 0.05) is 31.4 Å². The highest BCUT2D eigenvalue weighted by atomic mass is 16.1. The van der Waals surface area contributed by atoms with Gasteiger partial charge in [-0.1, -0.05) is 6.07 Å². The van der Waals surface area contributed by atoms with Crippen LogP contribution in [0.4, 0.5) is 5.82 Å². The van der Waals surface area contributed by atoms with Crippen LogP contribution >= 0.6 is 0 Å². The molecule has 0 bridgehead atoms. The summed E-state index contributed by atoms with van der Waals surface area (Å²) in [7, 11) is 0. The van der Waals surface area contributed by atoms with E-state index in [9.17, 15) is 4.79 Å². The fraction of sp³-hybridized carbons (Fsp3) is 0.294. The van der Waals surface area contributed by atoms with Crippen molar-refractivity contribution < 1.29 is 4.79 Å². The van der Waals surface area contributed by atoms with Crippen molar-refractivity contribution in [2.45, 2.75) is 18.8 Å². The molecule has 0 unspecified atom stereocenters. The molecule has 7 nitrogen and oxygen atoms in total. The van der Waals surface area contributed by atoms with Crippen LogP contribution in [0.3, 0.4) is 0 Å². The normalized spacial score (nSPS) is 18.0. The number of carbonyl (C=O) groups excluding carboxylic acids is 1. The number of primary amides is 1. The van der Waals surface area contributed by atoms with Gasteiger partial charge in [0.1, 0.15) is 11.4 Å². The number of aromatic nitrogens is 4. The fourth-order valence-corrected chi connectivity index (χ4v) is 3.36. The van der Waals surface area contributed by atoms with Crippen molar-refractivity contribution in [2.24, 2.45) is 5.73 Å². The Balaban J connectivity index is 1.68. The number of amides is 1. The van der Waals surface area contributed by atoms with E-state index in [2.05, 4.69) is 20.0 Å². The van der Waals surface area contributed by atoms with Gasteiger partial charge in [-0.3, -0.25) is 4.79 Å². The molecule has 4 heterocycles. The lowest BCUT2D eigenvalue weighted by molar-refractivity contribution is 0.100. The molecule has 0 saturated carbocycles. The molecule has 7 heteroatoms. The molecule has 4 rings (SSSR count). The van der Waals surface area contributed by atoms with Gasteiger partial charge in [-0.05, 0) is 31.0 Å². The van der Waals surface area contributed by atoms with Crippen LogP contribution < -0.4 is 10.6 Å². The minimum absolute atomic E-state index is 0.298. The Morgan fingerprint density at radius 2 is 2.12 bits per heavy atom. The molecular weight excluding hydrogens is 304 g/mol. The quantitative estimate of drug-likeness (QED) is 0.791. The van der Waals surface area contributed by atoms with Crippen LogP contribution in [0, 0.1) is 0 Å². The fourth-order valence-electron chi connectivity index (χ4n) is 3.36. The summed E-state index contributed by atoms with van der Waals surface area (Å²) in [4.78, 5) is 22.5. The zero-order chi connectivity index (χ0) is 16.5. The van der Waals surface area contributed by atoms with Crippen molar-refractivity contribution in [1.82, 2.24) is 19.6 Å². The molecule has 0 aromatic carbocycles. The Hall–Kier alpha value is -2.96. The van der Waals surface area contributed by atoms with Crippen LogP contribution in [0.25, 0.3) is 5.65 Å². The molecule has 1 fully saturated rings. The van der Waals surface area contributed by atoms with Gasteiger partial charge in [-0.25, -0.2) is 14.5 Å². The average molecular weight is 322 g/mol. The maximum Gasteiger partial charge on any atom is 0.254 e. The van der Waals surface area contributed by atoms with E-state index in [1.54, 1.807) is 10.7 Å². The number of fused-ring (bicyclic) bond motifs is 1. The number of rotatable bonds is 3. The van der Waals surface area contributed by atoms with Crippen molar-refractivity contribution >= 4 is 17.4 Å². The Morgan fingerprint density at radius 1 is 1.21 bits per heavy atom. The molecule has 3 aromatic rings. The van der Waals surface area contributed by atoms with Gasteiger partial charge in [0.25, 0.3) is 5.91 Å². The molecule has 2 N–H and O–H groups in total. The molecule has 1 atom stereocenters. The highest BCUT2D eigenvalue weighted by Crippen LogP contribution is 2.29. The molecular formula is C17H18N6O. The van der Waals surface area contributed by atoms with Gasteiger partial charge in [-0.2, -0.15) is 5.10 Å². The molecule has 1 saturated heterocycles. The molecule has 1 aliphatic rings. The second kappa shape index (κ2) is 5.92. The number of nitrogens with zero attached hydrogens (tertiary/aromatic N) is 5. The summed E-state index contributed by atoms with van der Waals surface area (Å²) in [6.45, 7) is 1.86. The lowest BCUT2D eigenvalue weighted by Gasteiger charge is -2.33. The summed E-state index contributed by atoms with van der Waals surface area (Å²) < 4.78 is 1.74. The first kappa shape index (κ1) is 14.6. The van der Waals surface area contributed by atoms with Crippen LogP contribution in [0.1, 0.15) is 34.8 Å². The predicted molar refractivity (Wildman–Crippen MR) is 89.9 cm³/mol. The summed E-state index contributed by atoms with van der Waals surface area (Å²) in [5.74, 6) is 0.783. The Bertz CT molecular complexity index is 875. The van der Waals surface area contributed by atoms with Crippen molar-refractivity contribution in [3.63, 3.8) is 0 Å². The highest BCUT2D eigenvalue weighted by Gasteiger charge is 2.25. The van der Waals surface area contributed by atoms with E-state index in [4.69, 9.17) is 5.73 Å². The molecule has 24 heavy (non-hydrogen) atoms. The molecule has 0 spiro atoms. The van der Waals surface area contributed by atoms with Crippen LogP contribution in [-0.4, -0.2) is 38.6 Å². The third-order valence-corrected chi connectivity index (χ3v) is 4.51. The molecule has 1 amide bonds. The van der Waals surface area contributed by atoms with Gasteiger partial charge >= 0.3 is 0 Å². The highest BCUT2D eigenvalue weighted by molar-refractivity contribution is 5.98. The van der Waals surface area contributed by atoms with E-state index in [-0.39, 0.29) is 0 Å². The predicted octanol–water partition coefficient (Wildman–Crippen LogP) is 1.61. The average Bonchev–Trinajstić information content (AvgIpc) is 3.07. The van der Waals surface area contributed by atoms with Crippen molar-refractivity contribution in [3.05, 3.63) is 54.1 Å². The van der Waals surface area contributed by atoms with E-state index >= 15 is 0 Å². The standard InChI is InChI=1S/C17H18N6O/c18-16(24)13-10-21-23-14(6-8-20-17(13)23)12-4-3-9-22(11-12)15-5-1-2-7-19-15/h1-2,5-8,10,12H,3-4,9,11H2,(H2,18,24)/t12-/m0/s1. The van der Waals surface area contributed by atoms with Crippen LogP contribution in [0.15, 0.2) is 42.9 Å². The summed E-state index contributed by atoms with van der Waals surface area (Å²) in [5.41, 5.74) is 7.33. The van der Waals surface area contributed by atoms with Crippen molar-refractivity contribution in [3.8, 4) is 0 Å². The van der Waals surface area contributed by atoms with E-state index in [0.29, 0.717) is 17.1 Å².